The summed E-state index contributed by atoms with van der Waals surface area (Å²) in [4.78, 5) is 24.2. The predicted molar refractivity (Wildman–Crippen MR) is 125 cm³/mol. The van der Waals surface area contributed by atoms with Crippen LogP contribution in [0.3, 0.4) is 0 Å². The fourth-order valence-corrected chi connectivity index (χ4v) is 3.08. The third-order valence-corrected chi connectivity index (χ3v) is 4.66. The number of nitriles is 1. The first-order valence-electron chi connectivity index (χ1n) is 9.79. The van der Waals surface area contributed by atoms with Crippen LogP contribution < -0.4 is 20.2 Å². The van der Waals surface area contributed by atoms with E-state index in [1.54, 1.807) is 30.3 Å². The minimum Gasteiger partial charge on any atom is -0.493 e. The summed E-state index contributed by atoms with van der Waals surface area (Å²) in [6.07, 6.45) is 1.28. The molecule has 34 heavy (non-hydrogen) atoms. The molecule has 0 aromatic heterocycles. The molecule has 0 radical (unpaired) electrons. The molecule has 2 N–H and O–H groups in total. The predicted octanol–water partition coefficient (Wildman–Crippen LogP) is 4.14. The van der Waals surface area contributed by atoms with Crippen LogP contribution in [0.2, 0.25) is 5.02 Å². The average molecular weight is 481 g/mol. The number of benzene rings is 3. The standard InChI is InChI=1S/C24H18ClFN4O4/c1-33-21-11-16(13-28-30-24(32)18-8-7-15(12-27)10-20(18)26)9-19(25)23(21)34-14-22(31)29-17-5-3-2-4-6-17/h2-11,13H,14H2,1H3,(H,29,31)(H,30,32)/b28-13-. The molecule has 0 aliphatic heterocycles. The van der Waals surface area contributed by atoms with Gasteiger partial charge in [0, 0.05) is 5.69 Å². The second-order valence-electron chi connectivity index (χ2n) is 6.74. The number of anilines is 1. The van der Waals surface area contributed by atoms with E-state index in [9.17, 15) is 14.0 Å². The molecule has 0 atom stereocenters. The third-order valence-electron chi connectivity index (χ3n) is 4.38. The maximum absolute atomic E-state index is 13.9. The molecule has 3 rings (SSSR count). The number of methoxy groups -OCH3 is 1. The highest BCUT2D eigenvalue weighted by molar-refractivity contribution is 6.32. The zero-order valence-electron chi connectivity index (χ0n) is 17.8. The van der Waals surface area contributed by atoms with Crippen LogP contribution in [0.5, 0.6) is 11.5 Å². The van der Waals surface area contributed by atoms with Gasteiger partial charge in [0.2, 0.25) is 0 Å². The van der Waals surface area contributed by atoms with Gasteiger partial charge in [-0.2, -0.15) is 10.4 Å². The maximum Gasteiger partial charge on any atom is 0.274 e. The Morgan fingerprint density at radius 3 is 2.62 bits per heavy atom. The van der Waals surface area contributed by atoms with Gasteiger partial charge in [-0.3, -0.25) is 9.59 Å². The van der Waals surface area contributed by atoms with E-state index in [4.69, 9.17) is 26.3 Å². The Morgan fingerprint density at radius 1 is 1.18 bits per heavy atom. The number of hydrazone groups is 1. The van der Waals surface area contributed by atoms with E-state index < -0.39 is 11.7 Å². The Hall–Kier alpha value is -4.42. The molecule has 172 valence electrons. The fourth-order valence-electron chi connectivity index (χ4n) is 2.81. The molecule has 0 saturated carbocycles. The number of carbonyl (C=O) groups excluding carboxylic acids is 2. The van der Waals surface area contributed by atoms with Gasteiger partial charge in [0.1, 0.15) is 5.82 Å². The summed E-state index contributed by atoms with van der Waals surface area (Å²) < 4.78 is 24.8. The number of nitrogens with one attached hydrogen (secondary N) is 2. The molecule has 3 aromatic carbocycles. The largest absolute Gasteiger partial charge is 0.493 e. The summed E-state index contributed by atoms with van der Waals surface area (Å²) in [5.74, 6) is -1.61. The van der Waals surface area contributed by atoms with Crippen molar-refractivity contribution in [3.05, 3.63) is 88.2 Å². The monoisotopic (exact) mass is 480 g/mol. The minimum absolute atomic E-state index is 0.0964. The number of hydrogen-bond acceptors (Lipinski definition) is 6. The van der Waals surface area contributed by atoms with Crippen LogP contribution in [0, 0.1) is 17.1 Å². The number of hydrogen-bond donors (Lipinski definition) is 2. The van der Waals surface area contributed by atoms with Crippen molar-refractivity contribution in [1.29, 1.82) is 5.26 Å². The van der Waals surface area contributed by atoms with Crippen molar-refractivity contribution >= 4 is 35.3 Å². The molecule has 0 bridgehead atoms. The van der Waals surface area contributed by atoms with Crippen LogP contribution in [0.25, 0.3) is 0 Å². The van der Waals surface area contributed by atoms with Crippen LogP contribution in [0.1, 0.15) is 21.5 Å². The lowest BCUT2D eigenvalue weighted by Gasteiger charge is -2.13. The molecule has 0 unspecified atom stereocenters. The molecule has 10 heteroatoms. The molecule has 8 nitrogen and oxygen atoms in total. The average Bonchev–Trinajstić information content (AvgIpc) is 2.83. The molecule has 0 spiro atoms. The highest BCUT2D eigenvalue weighted by Gasteiger charge is 2.14. The highest BCUT2D eigenvalue weighted by Crippen LogP contribution is 2.36. The summed E-state index contributed by atoms with van der Waals surface area (Å²) in [7, 11) is 1.40. The first-order valence-corrected chi connectivity index (χ1v) is 10.2. The zero-order chi connectivity index (χ0) is 24.5. The van der Waals surface area contributed by atoms with Crippen molar-refractivity contribution in [2.24, 2.45) is 5.10 Å². The van der Waals surface area contributed by atoms with E-state index >= 15 is 0 Å². The zero-order valence-corrected chi connectivity index (χ0v) is 18.6. The molecule has 0 fully saturated rings. The summed E-state index contributed by atoms with van der Waals surface area (Å²) in [6, 6.07) is 17.2. The van der Waals surface area contributed by atoms with Crippen molar-refractivity contribution in [2.75, 3.05) is 19.0 Å². The lowest BCUT2D eigenvalue weighted by Crippen LogP contribution is -2.20. The number of para-hydroxylation sites is 1. The van der Waals surface area contributed by atoms with Crippen molar-refractivity contribution in [1.82, 2.24) is 5.43 Å². The first-order chi connectivity index (χ1) is 16.4. The quantitative estimate of drug-likeness (QED) is 0.371. The second kappa shape index (κ2) is 11.4. The van der Waals surface area contributed by atoms with Gasteiger partial charge in [-0.05, 0) is 48.0 Å². The van der Waals surface area contributed by atoms with Crippen molar-refractivity contribution in [2.45, 2.75) is 0 Å². The van der Waals surface area contributed by atoms with Gasteiger partial charge in [-0.25, -0.2) is 9.82 Å². The molecular formula is C24H18ClFN4O4. The molecular weight excluding hydrogens is 463 g/mol. The van der Waals surface area contributed by atoms with Gasteiger partial charge in [-0.1, -0.05) is 29.8 Å². The number of carbonyl (C=O) groups is 2. The number of rotatable bonds is 8. The smallest absolute Gasteiger partial charge is 0.274 e. The van der Waals surface area contributed by atoms with Crippen LogP contribution in [0.4, 0.5) is 10.1 Å². The number of amides is 2. The van der Waals surface area contributed by atoms with Crippen molar-refractivity contribution in [3.63, 3.8) is 0 Å². The van der Waals surface area contributed by atoms with E-state index in [1.165, 1.54) is 37.6 Å². The topological polar surface area (TPSA) is 113 Å². The van der Waals surface area contributed by atoms with Crippen molar-refractivity contribution < 1.29 is 23.5 Å². The SMILES string of the molecule is COc1cc(/C=N\NC(=O)c2ccc(C#N)cc2F)cc(Cl)c1OCC(=O)Nc1ccccc1. The van der Waals surface area contributed by atoms with Gasteiger partial charge in [0.05, 0.1) is 35.5 Å². The van der Waals surface area contributed by atoms with Crippen molar-refractivity contribution in [3.8, 4) is 17.6 Å². The molecule has 0 aliphatic rings. The van der Waals surface area contributed by atoms with Gasteiger partial charge in [0.15, 0.2) is 18.1 Å². The third kappa shape index (κ3) is 6.31. The summed E-state index contributed by atoms with van der Waals surface area (Å²) in [5, 5.41) is 15.4. The first kappa shape index (κ1) is 24.2. The van der Waals surface area contributed by atoms with Gasteiger partial charge in [0.25, 0.3) is 11.8 Å². The Balaban J connectivity index is 1.64. The molecule has 3 aromatic rings. The molecule has 0 aliphatic carbocycles. The van der Waals surface area contributed by atoms with Crippen LogP contribution in [0.15, 0.2) is 65.8 Å². The van der Waals surface area contributed by atoms with Gasteiger partial charge in [-0.15, -0.1) is 0 Å². The van der Waals surface area contributed by atoms with E-state index in [-0.39, 0.29) is 40.2 Å². The Labute approximate surface area is 199 Å². The summed E-state index contributed by atoms with van der Waals surface area (Å²) >= 11 is 6.28. The molecule has 0 heterocycles. The van der Waals surface area contributed by atoms with Crippen LogP contribution in [-0.2, 0) is 4.79 Å². The number of halogens is 2. The number of ether oxygens (including phenoxy) is 2. The Morgan fingerprint density at radius 2 is 1.94 bits per heavy atom. The van der Waals surface area contributed by atoms with Crippen LogP contribution >= 0.6 is 11.6 Å². The Kier molecular flexibility index (Phi) is 8.16. The normalized spacial score (nSPS) is 10.4. The second-order valence-corrected chi connectivity index (χ2v) is 7.15. The minimum atomic E-state index is -0.839. The van der Waals surface area contributed by atoms with E-state index in [2.05, 4.69) is 15.8 Å². The highest BCUT2D eigenvalue weighted by atomic mass is 35.5. The fraction of sp³-hybridized carbons (Fsp3) is 0.0833. The molecule has 2 amide bonds. The maximum atomic E-state index is 13.9. The van der Waals surface area contributed by atoms with Crippen LogP contribution in [-0.4, -0.2) is 31.7 Å². The lowest BCUT2D eigenvalue weighted by atomic mass is 10.1. The van der Waals surface area contributed by atoms with Gasteiger partial charge < -0.3 is 14.8 Å². The Bertz CT molecular complexity index is 1280. The molecule has 0 saturated heterocycles. The van der Waals surface area contributed by atoms with Gasteiger partial charge >= 0.3 is 0 Å². The summed E-state index contributed by atoms with van der Waals surface area (Å²) in [6.45, 7) is -0.301. The van der Waals surface area contributed by atoms with E-state index in [0.717, 1.165) is 6.07 Å². The van der Waals surface area contributed by atoms with E-state index in [0.29, 0.717) is 11.3 Å². The van der Waals surface area contributed by atoms with E-state index in [1.807, 2.05) is 6.07 Å². The summed E-state index contributed by atoms with van der Waals surface area (Å²) in [5.41, 5.74) is 3.11. The lowest BCUT2D eigenvalue weighted by molar-refractivity contribution is -0.118. The number of nitrogens with zero attached hydrogens (tertiary/aromatic N) is 2.